The van der Waals surface area contributed by atoms with Gasteiger partial charge in [-0.05, 0) is 67.9 Å². The van der Waals surface area contributed by atoms with Crippen LogP contribution in [0.2, 0.25) is 0 Å². The number of hydrogen-bond donors (Lipinski definition) is 1. The third kappa shape index (κ3) is 8.21. The van der Waals surface area contributed by atoms with Crippen molar-refractivity contribution in [2.45, 2.75) is 20.0 Å². The van der Waals surface area contributed by atoms with Gasteiger partial charge >= 0.3 is 11.9 Å². The van der Waals surface area contributed by atoms with Crippen molar-refractivity contribution < 1.29 is 41.8 Å². The van der Waals surface area contributed by atoms with E-state index < -0.39 is 34.0 Å². The zero-order valence-electron chi connectivity index (χ0n) is 22.1. The molecule has 0 unspecified atom stereocenters. The van der Waals surface area contributed by atoms with Crippen LogP contribution in [0.1, 0.15) is 35.3 Å². The average molecular weight is 574 g/mol. The van der Waals surface area contributed by atoms with Crippen molar-refractivity contribution >= 4 is 17.8 Å². The second-order valence-electron chi connectivity index (χ2n) is 8.07. The lowest BCUT2D eigenvalue weighted by atomic mass is 10.1. The number of carbonyl (C=O) groups is 1. The van der Waals surface area contributed by atoms with E-state index in [4.69, 9.17) is 18.9 Å². The van der Waals surface area contributed by atoms with Gasteiger partial charge in [-0.3, -0.25) is 14.9 Å². The summed E-state index contributed by atoms with van der Waals surface area (Å²) in [7, 11) is 0. The van der Waals surface area contributed by atoms with Crippen molar-refractivity contribution in [3.05, 3.63) is 94.1 Å². The number of nitro groups is 1. The quantitative estimate of drug-likeness (QED) is 0.107. The van der Waals surface area contributed by atoms with Gasteiger partial charge in [0.1, 0.15) is 6.61 Å². The summed E-state index contributed by atoms with van der Waals surface area (Å²) in [5.41, 5.74) is 1.10. The number of alkyl halides is 3. The number of nitrogens with zero attached hydrogens (tertiary/aromatic N) is 2. The van der Waals surface area contributed by atoms with E-state index in [1.165, 1.54) is 30.5 Å². The zero-order chi connectivity index (χ0) is 30.0. The van der Waals surface area contributed by atoms with Gasteiger partial charge in [0.2, 0.25) is 5.75 Å². The summed E-state index contributed by atoms with van der Waals surface area (Å²) in [5.74, 6) is 0.101. The third-order valence-corrected chi connectivity index (χ3v) is 5.21. The first kappa shape index (κ1) is 30.5. The molecule has 0 aromatic heterocycles. The Hall–Kier alpha value is -5.07. The number of ether oxygens (including phenoxy) is 4. The number of hydrazone groups is 1. The molecule has 1 N–H and O–H groups in total. The van der Waals surface area contributed by atoms with Gasteiger partial charge < -0.3 is 18.9 Å². The van der Waals surface area contributed by atoms with E-state index in [0.717, 1.165) is 6.07 Å². The van der Waals surface area contributed by atoms with Crippen LogP contribution in [0.3, 0.4) is 0 Å². The van der Waals surface area contributed by atoms with E-state index >= 15 is 0 Å². The lowest BCUT2D eigenvalue weighted by molar-refractivity contribution is -0.385. The van der Waals surface area contributed by atoms with Gasteiger partial charge in [0.25, 0.3) is 5.91 Å². The lowest BCUT2D eigenvalue weighted by Gasteiger charge is -2.13. The molecular formula is C28H26F3N3O7. The highest BCUT2D eigenvalue weighted by molar-refractivity contribution is 5.95. The van der Waals surface area contributed by atoms with Crippen LogP contribution >= 0.6 is 0 Å². The molecule has 10 nitrogen and oxygen atoms in total. The van der Waals surface area contributed by atoms with E-state index in [1.807, 2.05) is 0 Å². The first-order chi connectivity index (χ1) is 19.6. The van der Waals surface area contributed by atoms with Crippen LogP contribution in [-0.2, 0) is 6.18 Å². The minimum atomic E-state index is -4.76. The summed E-state index contributed by atoms with van der Waals surface area (Å²) < 4.78 is 61.2. The number of hydrogen-bond acceptors (Lipinski definition) is 8. The number of nitro benzene ring substituents is 1. The Balaban J connectivity index is 1.78. The van der Waals surface area contributed by atoms with Crippen molar-refractivity contribution in [3.63, 3.8) is 0 Å². The number of carbonyl (C=O) groups excluding carboxylic acids is 1. The largest absolute Gasteiger partial charge is 0.490 e. The van der Waals surface area contributed by atoms with Crippen LogP contribution in [-0.4, -0.2) is 36.9 Å². The Bertz CT molecular complexity index is 1440. The van der Waals surface area contributed by atoms with E-state index in [2.05, 4.69) is 17.1 Å². The highest BCUT2D eigenvalue weighted by Crippen LogP contribution is 2.40. The molecule has 0 aliphatic rings. The molecule has 3 aromatic rings. The topological polar surface area (TPSA) is 122 Å². The number of rotatable bonds is 13. The highest BCUT2D eigenvalue weighted by atomic mass is 19.4. The Morgan fingerprint density at radius 2 is 1.61 bits per heavy atom. The molecule has 3 rings (SSSR count). The minimum absolute atomic E-state index is 0.0260. The van der Waals surface area contributed by atoms with E-state index in [9.17, 15) is 28.1 Å². The highest BCUT2D eigenvalue weighted by Gasteiger charge is 2.33. The number of benzene rings is 3. The second-order valence-corrected chi connectivity index (χ2v) is 8.07. The smallest absolute Gasteiger partial charge is 0.416 e. The summed E-state index contributed by atoms with van der Waals surface area (Å²) in [6.45, 7) is 7.91. The van der Waals surface area contributed by atoms with Crippen molar-refractivity contribution in [2.75, 3.05) is 19.8 Å². The summed E-state index contributed by atoms with van der Waals surface area (Å²) in [6, 6.07) is 11.0. The molecule has 0 atom stereocenters. The molecule has 1 amide bonds. The normalized spacial score (nSPS) is 11.1. The predicted octanol–water partition coefficient (Wildman–Crippen LogP) is 6.53. The molecule has 0 aliphatic heterocycles. The molecule has 0 radical (unpaired) electrons. The minimum Gasteiger partial charge on any atom is -0.490 e. The Morgan fingerprint density at radius 3 is 2.24 bits per heavy atom. The van der Waals surface area contributed by atoms with Crippen LogP contribution in [0.5, 0.6) is 28.7 Å². The lowest BCUT2D eigenvalue weighted by Crippen LogP contribution is -2.17. The van der Waals surface area contributed by atoms with Gasteiger partial charge in [0.15, 0.2) is 23.0 Å². The van der Waals surface area contributed by atoms with Gasteiger partial charge in [0, 0.05) is 11.6 Å². The van der Waals surface area contributed by atoms with Crippen LogP contribution in [0.4, 0.5) is 18.9 Å². The molecule has 216 valence electrons. The van der Waals surface area contributed by atoms with Crippen molar-refractivity contribution in [1.29, 1.82) is 0 Å². The molecule has 13 heteroatoms. The fraction of sp³-hybridized carbons (Fsp3) is 0.214. The molecule has 0 bridgehead atoms. The summed E-state index contributed by atoms with van der Waals surface area (Å²) in [6.07, 6.45) is -1.85. The predicted molar refractivity (Wildman–Crippen MR) is 144 cm³/mol. The van der Waals surface area contributed by atoms with Crippen molar-refractivity contribution in [3.8, 4) is 28.7 Å². The molecular weight excluding hydrogens is 547 g/mol. The Kier molecular flexibility index (Phi) is 10.3. The van der Waals surface area contributed by atoms with Crippen LogP contribution < -0.4 is 24.4 Å². The molecule has 0 heterocycles. The average Bonchev–Trinajstić information content (AvgIpc) is 2.93. The standard InChI is InChI=1S/C28H26F3N3O7/c1-4-13-40-23-11-8-19(15-26(23)39-6-3)27(35)33-32-17-18-7-10-24(25(14-18)38-5-2)41-22-12-9-20(28(29,30)31)16-21(22)34(36)37/h4,7-12,14-17H,1,5-6,13H2,2-3H3,(H,33,35)/b32-17+. The number of nitrogens with one attached hydrogen (secondary N) is 1. The fourth-order valence-corrected chi connectivity index (χ4v) is 3.41. The Morgan fingerprint density at radius 1 is 0.951 bits per heavy atom. The second kappa shape index (κ2) is 13.8. The van der Waals surface area contributed by atoms with Gasteiger partial charge in [-0.15, -0.1) is 0 Å². The maximum atomic E-state index is 13.0. The maximum Gasteiger partial charge on any atom is 0.416 e. The molecule has 0 saturated carbocycles. The third-order valence-electron chi connectivity index (χ3n) is 5.21. The fourth-order valence-electron chi connectivity index (χ4n) is 3.41. The van der Waals surface area contributed by atoms with Crippen LogP contribution in [0.15, 0.2) is 72.4 Å². The molecule has 0 spiro atoms. The van der Waals surface area contributed by atoms with E-state index in [0.29, 0.717) is 35.8 Å². The van der Waals surface area contributed by atoms with Crippen molar-refractivity contribution in [2.24, 2.45) is 5.10 Å². The SMILES string of the molecule is C=CCOc1ccc(C(=O)N/N=C/c2ccc(Oc3ccc(C(F)(F)F)cc3[N+](=O)[O-])c(OCC)c2)cc1OCC. The first-order valence-corrected chi connectivity index (χ1v) is 12.2. The Labute approximate surface area is 233 Å². The van der Waals surface area contributed by atoms with Crippen LogP contribution in [0.25, 0.3) is 0 Å². The van der Waals surface area contributed by atoms with Gasteiger partial charge in [-0.2, -0.15) is 18.3 Å². The summed E-state index contributed by atoms with van der Waals surface area (Å²) >= 11 is 0. The number of halogens is 3. The molecule has 3 aromatic carbocycles. The maximum absolute atomic E-state index is 13.0. The summed E-state index contributed by atoms with van der Waals surface area (Å²) in [4.78, 5) is 23.0. The zero-order valence-corrected chi connectivity index (χ0v) is 22.1. The molecule has 0 saturated heterocycles. The first-order valence-electron chi connectivity index (χ1n) is 12.2. The van der Waals surface area contributed by atoms with Crippen molar-refractivity contribution in [1.82, 2.24) is 5.43 Å². The molecule has 0 fully saturated rings. The number of amides is 1. The van der Waals surface area contributed by atoms with E-state index in [-0.39, 0.29) is 30.3 Å². The molecule has 0 aliphatic carbocycles. The molecule has 41 heavy (non-hydrogen) atoms. The summed E-state index contributed by atoms with van der Waals surface area (Å²) in [5, 5.41) is 15.3. The van der Waals surface area contributed by atoms with Gasteiger partial charge in [-0.25, -0.2) is 5.43 Å². The van der Waals surface area contributed by atoms with Crippen LogP contribution in [0, 0.1) is 10.1 Å². The monoisotopic (exact) mass is 573 g/mol. The van der Waals surface area contributed by atoms with Gasteiger partial charge in [-0.1, -0.05) is 12.7 Å². The van der Waals surface area contributed by atoms with Gasteiger partial charge in [0.05, 0.1) is 29.9 Å². The van der Waals surface area contributed by atoms with E-state index in [1.54, 1.807) is 32.1 Å².